The molecule has 0 heterocycles. The average molecular weight is 445 g/mol. The van der Waals surface area contributed by atoms with Crippen molar-refractivity contribution in [3.05, 3.63) is 24.3 Å². The van der Waals surface area contributed by atoms with Gasteiger partial charge < -0.3 is 19.7 Å². The van der Waals surface area contributed by atoms with Crippen LogP contribution in [0, 0.1) is 5.41 Å². The second-order valence-electron chi connectivity index (χ2n) is 7.58. The van der Waals surface area contributed by atoms with Crippen LogP contribution in [-0.2, 0) is 4.74 Å². The van der Waals surface area contributed by atoms with Crippen LogP contribution in [0.25, 0.3) is 0 Å². The second kappa shape index (κ2) is 11.4. The van der Waals surface area contributed by atoms with Gasteiger partial charge >= 0.3 is 12.5 Å². The normalized spacial score (nSPS) is 12.2. The lowest BCUT2D eigenvalue weighted by molar-refractivity contribution is -0.274. The quantitative estimate of drug-likeness (QED) is 0.330. The Bertz CT molecular complexity index is 746. The number of rotatable bonds is 9. The number of nitrogens with zero attached hydrogens (tertiary/aromatic N) is 3. The molecule has 0 aliphatic rings. The Kier molecular flexibility index (Phi) is 9.60. The van der Waals surface area contributed by atoms with Gasteiger partial charge in [-0.15, -0.1) is 13.2 Å². The molecule has 174 valence electrons. The largest absolute Gasteiger partial charge is 0.573 e. The molecule has 1 amide bonds. The van der Waals surface area contributed by atoms with Gasteiger partial charge in [0, 0.05) is 19.6 Å². The third kappa shape index (κ3) is 10.6. The fourth-order valence-electron chi connectivity index (χ4n) is 2.49. The van der Waals surface area contributed by atoms with Crippen molar-refractivity contribution >= 4 is 24.0 Å². The summed E-state index contributed by atoms with van der Waals surface area (Å²) in [5.74, 6) is 0.217. The van der Waals surface area contributed by atoms with E-state index in [0.29, 0.717) is 31.2 Å². The molecule has 0 bridgehead atoms. The molecule has 0 aliphatic heterocycles. The number of alkyl carbamates (subject to hydrolysis) is 1. The van der Waals surface area contributed by atoms with Crippen LogP contribution in [0.1, 0.15) is 41.0 Å². The molecule has 0 spiro atoms. The van der Waals surface area contributed by atoms with Crippen LogP contribution in [0.4, 0.5) is 23.7 Å². The van der Waals surface area contributed by atoms with E-state index >= 15 is 0 Å². The van der Waals surface area contributed by atoms with E-state index in [4.69, 9.17) is 10.1 Å². The number of amidine groups is 1. The summed E-state index contributed by atoms with van der Waals surface area (Å²) in [4.78, 5) is 13.7. The molecule has 0 fully saturated rings. The molecular formula is C20H30F3N5O3. The Morgan fingerprint density at radius 1 is 1.19 bits per heavy atom. The monoisotopic (exact) mass is 445 g/mol. The first-order chi connectivity index (χ1) is 14.3. The van der Waals surface area contributed by atoms with Gasteiger partial charge in [-0.1, -0.05) is 6.92 Å². The minimum absolute atomic E-state index is 0.329. The van der Waals surface area contributed by atoms with Crippen LogP contribution in [0.2, 0.25) is 0 Å². The number of hydrazone groups is 1. The number of carbonyl (C=O) groups excluding carboxylic acids is 1. The summed E-state index contributed by atoms with van der Waals surface area (Å²) in [5.41, 5.74) is -0.192. The van der Waals surface area contributed by atoms with E-state index in [1.807, 2.05) is 11.8 Å². The van der Waals surface area contributed by atoms with Crippen molar-refractivity contribution in [2.24, 2.45) is 5.10 Å². The highest BCUT2D eigenvalue weighted by Gasteiger charge is 2.31. The molecule has 0 aliphatic carbocycles. The predicted molar refractivity (Wildman–Crippen MR) is 114 cm³/mol. The van der Waals surface area contributed by atoms with Gasteiger partial charge in [-0.3, -0.25) is 5.41 Å². The molecule has 8 nitrogen and oxygen atoms in total. The lowest BCUT2D eigenvalue weighted by atomic mass is 10.2. The number of benzene rings is 1. The fraction of sp³-hybridized carbons (Fsp3) is 0.550. The van der Waals surface area contributed by atoms with E-state index in [2.05, 4.69) is 15.2 Å². The zero-order valence-corrected chi connectivity index (χ0v) is 18.4. The number of nitrogens with one attached hydrogen (secondary N) is 2. The van der Waals surface area contributed by atoms with Crippen molar-refractivity contribution < 1.29 is 27.4 Å². The number of halogens is 3. The van der Waals surface area contributed by atoms with Crippen molar-refractivity contribution in [2.45, 2.75) is 53.0 Å². The smallest absolute Gasteiger partial charge is 0.444 e. The summed E-state index contributed by atoms with van der Waals surface area (Å²) in [6.07, 6.45) is -3.51. The number of ether oxygens (including phenoxy) is 2. The molecule has 31 heavy (non-hydrogen) atoms. The first-order valence-corrected chi connectivity index (χ1v) is 9.77. The number of hydrogen-bond donors (Lipinski definition) is 2. The van der Waals surface area contributed by atoms with Crippen molar-refractivity contribution in [3.8, 4) is 5.75 Å². The van der Waals surface area contributed by atoms with E-state index in [1.54, 1.807) is 27.7 Å². The minimum Gasteiger partial charge on any atom is -0.444 e. The third-order valence-corrected chi connectivity index (χ3v) is 3.71. The van der Waals surface area contributed by atoms with Gasteiger partial charge in [-0.25, -0.2) is 9.80 Å². The molecule has 2 N–H and O–H groups in total. The maximum absolute atomic E-state index is 12.3. The highest BCUT2D eigenvalue weighted by atomic mass is 19.4. The molecule has 0 atom stereocenters. The summed E-state index contributed by atoms with van der Waals surface area (Å²) < 4.78 is 46.0. The van der Waals surface area contributed by atoms with Gasteiger partial charge in [0.2, 0.25) is 0 Å². The standard InChI is InChI=1S/C20H30F3N5O3/c1-6-12-27(13-11-25-18(29)31-19(3,4)5)15(2)26-28(14-24)16-7-9-17(10-8-16)30-20(21,22)23/h7-10,14,24H,6,11-13H2,1-5H3,(H,25,29)/b24-14?,26-15+. The minimum atomic E-state index is -4.77. The van der Waals surface area contributed by atoms with Gasteiger partial charge in [0.05, 0.1) is 5.69 Å². The molecule has 0 saturated carbocycles. The van der Waals surface area contributed by atoms with Crippen LogP contribution in [0.15, 0.2) is 29.4 Å². The maximum atomic E-state index is 12.3. The number of alkyl halides is 3. The third-order valence-electron chi connectivity index (χ3n) is 3.71. The van der Waals surface area contributed by atoms with Crippen molar-refractivity contribution in [3.63, 3.8) is 0 Å². The van der Waals surface area contributed by atoms with Crippen LogP contribution in [-0.4, -0.2) is 54.8 Å². The summed E-state index contributed by atoms with van der Waals surface area (Å²) in [6, 6.07) is 5.05. The number of amides is 1. The Balaban J connectivity index is 2.80. The molecule has 0 unspecified atom stereocenters. The van der Waals surface area contributed by atoms with Crippen LogP contribution >= 0.6 is 0 Å². The Morgan fingerprint density at radius 3 is 2.29 bits per heavy atom. The average Bonchev–Trinajstić information content (AvgIpc) is 2.63. The van der Waals surface area contributed by atoms with E-state index in [-0.39, 0.29) is 5.75 Å². The van der Waals surface area contributed by atoms with E-state index in [1.165, 1.54) is 17.1 Å². The SMILES string of the molecule is CCCN(CCNC(=O)OC(C)(C)C)/C(C)=N/N(C=N)c1ccc(OC(F)(F)F)cc1. The predicted octanol–water partition coefficient (Wildman–Crippen LogP) is 4.57. The maximum Gasteiger partial charge on any atom is 0.573 e. The van der Waals surface area contributed by atoms with Crippen LogP contribution in [0.3, 0.4) is 0 Å². The molecule has 0 radical (unpaired) electrons. The Hall–Kier alpha value is -2.98. The molecule has 1 aromatic carbocycles. The summed E-state index contributed by atoms with van der Waals surface area (Å²) >= 11 is 0. The van der Waals surface area contributed by atoms with E-state index in [9.17, 15) is 18.0 Å². The fourth-order valence-corrected chi connectivity index (χ4v) is 2.49. The van der Waals surface area contributed by atoms with Crippen molar-refractivity contribution in [2.75, 3.05) is 24.6 Å². The van der Waals surface area contributed by atoms with Crippen molar-refractivity contribution in [1.82, 2.24) is 10.2 Å². The van der Waals surface area contributed by atoms with E-state index in [0.717, 1.165) is 24.9 Å². The molecule has 0 aromatic heterocycles. The summed E-state index contributed by atoms with van der Waals surface area (Å²) in [6.45, 7) is 10.5. The highest BCUT2D eigenvalue weighted by molar-refractivity contribution is 5.85. The molecule has 1 rings (SSSR count). The number of anilines is 1. The Morgan fingerprint density at radius 2 is 1.81 bits per heavy atom. The lowest BCUT2D eigenvalue weighted by Crippen LogP contribution is -2.40. The molecule has 0 saturated heterocycles. The number of hydrogen-bond acceptors (Lipinski definition) is 5. The first-order valence-electron chi connectivity index (χ1n) is 9.77. The highest BCUT2D eigenvalue weighted by Crippen LogP contribution is 2.25. The zero-order chi connectivity index (χ0) is 23.7. The van der Waals surface area contributed by atoms with E-state index < -0.39 is 18.1 Å². The first kappa shape index (κ1) is 26.1. The second-order valence-corrected chi connectivity index (χ2v) is 7.58. The summed E-state index contributed by atoms with van der Waals surface area (Å²) in [5, 5.41) is 15.9. The number of carbonyl (C=O) groups is 1. The molecule has 11 heteroatoms. The van der Waals surface area contributed by atoms with Crippen LogP contribution in [0.5, 0.6) is 5.75 Å². The molecular weight excluding hydrogens is 415 g/mol. The zero-order valence-electron chi connectivity index (χ0n) is 18.4. The Labute approximate surface area is 180 Å². The van der Waals surface area contributed by atoms with Gasteiger partial charge in [-0.05, 0) is 58.4 Å². The van der Waals surface area contributed by atoms with Gasteiger partial charge in [0.15, 0.2) is 0 Å². The van der Waals surface area contributed by atoms with Crippen molar-refractivity contribution in [1.29, 1.82) is 5.41 Å². The summed E-state index contributed by atoms with van der Waals surface area (Å²) in [7, 11) is 0. The van der Waals surface area contributed by atoms with Gasteiger partial charge in [0.25, 0.3) is 0 Å². The van der Waals surface area contributed by atoms with Gasteiger partial charge in [-0.2, -0.15) is 5.10 Å². The topological polar surface area (TPSA) is 90.3 Å². The molecule has 1 aromatic rings. The van der Waals surface area contributed by atoms with Crippen LogP contribution < -0.4 is 15.1 Å². The lowest BCUT2D eigenvalue weighted by Gasteiger charge is -2.26. The van der Waals surface area contributed by atoms with Gasteiger partial charge in [0.1, 0.15) is 23.5 Å².